The lowest BCUT2D eigenvalue weighted by molar-refractivity contribution is -0.870. The Balaban J connectivity index is 5.33. The summed E-state index contributed by atoms with van der Waals surface area (Å²) in [4.78, 5) is 61.1. The predicted octanol–water partition coefficient (Wildman–Crippen LogP) is -1.62. The van der Waals surface area contributed by atoms with Crippen molar-refractivity contribution in [1.29, 1.82) is 0 Å². The molecule has 0 unspecified atom stereocenters. The van der Waals surface area contributed by atoms with Crippen molar-refractivity contribution >= 4 is 29.9 Å². The molecule has 3 atom stereocenters. The molecule has 4 amide bonds. The highest BCUT2D eigenvalue weighted by Gasteiger charge is 2.29. The van der Waals surface area contributed by atoms with Gasteiger partial charge in [0.1, 0.15) is 18.4 Å². The fraction of sp³-hybridized carbons (Fsp3) is 0.792. The van der Waals surface area contributed by atoms with Crippen LogP contribution in [0.5, 0.6) is 0 Å². The van der Waals surface area contributed by atoms with Crippen LogP contribution in [0.25, 0.3) is 0 Å². The quantitative estimate of drug-likeness (QED) is 0.0679. The van der Waals surface area contributed by atoms with E-state index in [-0.39, 0.29) is 19.0 Å². The van der Waals surface area contributed by atoms with Crippen molar-refractivity contribution in [2.45, 2.75) is 70.5 Å². The molecule has 36 heavy (non-hydrogen) atoms. The van der Waals surface area contributed by atoms with Crippen LogP contribution in [0.2, 0.25) is 0 Å². The number of carbonyl (C=O) groups excluding carboxylic acids is 5. The predicted molar refractivity (Wildman–Crippen MR) is 138 cm³/mol. The lowest BCUT2D eigenvalue weighted by atomic mass is 10.0. The van der Waals surface area contributed by atoms with Gasteiger partial charge in [0.2, 0.25) is 23.6 Å². The minimum absolute atomic E-state index is 0.250. The summed E-state index contributed by atoms with van der Waals surface area (Å²) in [6.07, 6.45) is 4.52. The molecule has 0 spiro atoms. The molecule has 0 saturated heterocycles. The molecule has 8 N–H and O–H groups in total. The first-order valence-electron chi connectivity index (χ1n) is 12.7. The average molecular weight is 515 g/mol. The lowest BCUT2D eigenvalue weighted by Gasteiger charge is -2.27. The van der Waals surface area contributed by atoms with Crippen LogP contribution in [0.4, 0.5) is 0 Å². The van der Waals surface area contributed by atoms with Crippen molar-refractivity contribution in [1.82, 2.24) is 21.3 Å². The Kier molecular flexibility index (Phi) is 16.5. The van der Waals surface area contributed by atoms with Crippen LogP contribution in [0.15, 0.2) is 0 Å². The van der Waals surface area contributed by atoms with Crippen LogP contribution < -0.4 is 32.7 Å². The lowest BCUT2D eigenvalue weighted by Crippen LogP contribution is -2.57. The summed E-state index contributed by atoms with van der Waals surface area (Å²) in [7, 11) is 6.23. The number of unbranched alkanes of at least 4 members (excludes halogenated alkanes) is 2. The zero-order valence-corrected chi connectivity index (χ0v) is 22.6. The fourth-order valence-electron chi connectivity index (χ4n) is 3.44. The van der Waals surface area contributed by atoms with Gasteiger partial charge in [-0.15, -0.1) is 0 Å². The van der Waals surface area contributed by atoms with Crippen LogP contribution in [-0.4, -0.2) is 99.8 Å². The van der Waals surface area contributed by atoms with Gasteiger partial charge in [0, 0.05) is 0 Å². The monoisotopic (exact) mass is 514 g/mol. The standard InChI is InChI=1S/C24H47N7O5/c1-17(2)22(30-21(34)15-27-20(33)14-26)24(36)29-19(11-7-9-13-31(3,4)5)23(35)28-18(16-32)10-6-8-12-25/h16-19,22H,6-15,25-26H2,1-5H3,(H3-,27,28,29,30,33,34,35,36)/p+1/t18-,19-,22-/m0/s1. The van der Waals surface area contributed by atoms with Gasteiger partial charge in [-0.2, -0.15) is 0 Å². The molecule has 0 radical (unpaired) electrons. The summed E-state index contributed by atoms with van der Waals surface area (Å²) < 4.78 is 0.778. The average Bonchev–Trinajstić information content (AvgIpc) is 2.80. The molecule has 0 aliphatic carbocycles. The summed E-state index contributed by atoms with van der Waals surface area (Å²) in [5.74, 6) is -2.27. The molecular weight excluding hydrogens is 466 g/mol. The van der Waals surface area contributed by atoms with Crippen LogP contribution in [0.3, 0.4) is 0 Å². The molecule has 0 fully saturated rings. The van der Waals surface area contributed by atoms with Gasteiger partial charge < -0.3 is 42.0 Å². The van der Waals surface area contributed by atoms with Crippen molar-refractivity contribution in [3.63, 3.8) is 0 Å². The maximum atomic E-state index is 13.1. The smallest absolute Gasteiger partial charge is 0.243 e. The minimum Gasteiger partial charge on any atom is -0.346 e. The van der Waals surface area contributed by atoms with Crippen molar-refractivity contribution < 1.29 is 28.5 Å². The first-order chi connectivity index (χ1) is 16.8. The zero-order chi connectivity index (χ0) is 27.7. The number of nitrogens with two attached hydrogens (primary N) is 2. The Morgan fingerprint density at radius 1 is 0.833 bits per heavy atom. The van der Waals surface area contributed by atoms with E-state index >= 15 is 0 Å². The Morgan fingerprint density at radius 3 is 2.00 bits per heavy atom. The van der Waals surface area contributed by atoms with E-state index < -0.39 is 41.8 Å². The second kappa shape index (κ2) is 17.8. The number of aldehydes is 1. The number of nitrogens with zero attached hydrogens (tertiary/aromatic N) is 1. The fourth-order valence-corrected chi connectivity index (χ4v) is 3.44. The van der Waals surface area contributed by atoms with Crippen molar-refractivity contribution in [3.8, 4) is 0 Å². The van der Waals surface area contributed by atoms with Gasteiger partial charge in [0.05, 0.1) is 46.8 Å². The van der Waals surface area contributed by atoms with Crippen LogP contribution in [0.1, 0.15) is 52.4 Å². The first-order valence-corrected chi connectivity index (χ1v) is 12.7. The number of amides is 4. The largest absolute Gasteiger partial charge is 0.346 e. The second-order valence-corrected chi connectivity index (χ2v) is 10.4. The van der Waals surface area contributed by atoms with Gasteiger partial charge in [-0.1, -0.05) is 13.8 Å². The number of hydrogen-bond acceptors (Lipinski definition) is 7. The molecule has 0 aliphatic heterocycles. The van der Waals surface area contributed by atoms with Crippen molar-refractivity contribution in [2.75, 3.05) is 47.3 Å². The molecule has 12 nitrogen and oxygen atoms in total. The SMILES string of the molecule is CC(C)[C@H](NC(=O)CNC(=O)CN)C(=O)N[C@@H](CCCC[N+](C)(C)C)C(=O)N[C@H](C=O)CCCCN. The summed E-state index contributed by atoms with van der Waals surface area (Å²) in [6, 6.07) is -2.45. The number of quaternary nitrogens is 1. The van der Waals surface area contributed by atoms with Crippen molar-refractivity contribution in [2.24, 2.45) is 17.4 Å². The Hall–Kier alpha value is -2.57. The van der Waals surface area contributed by atoms with Gasteiger partial charge >= 0.3 is 0 Å². The van der Waals surface area contributed by atoms with E-state index in [1.807, 2.05) is 0 Å². The molecule has 0 aromatic rings. The van der Waals surface area contributed by atoms with Crippen LogP contribution >= 0.6 is 0 Å². The molecule has 0 heterocycles. The second-order valence-electron chi connectivity index (χ2n) is 10.4. The molecule has 0 aromatic carbocycles. The van der Waals surface area contributed by atoms with Gasteiger partial charge in [-0.25, -0.2) is 0 Å². The van der Waals surface area contributed by atoms with E-state index in [9.17, 15) is 24.0 Å². The van der Waals surface area contributed by atoms with E-state index in [1.54, 1.807) is 13.8 Å². The molecule has 0 aliphatic rings. The maximum Gasteiger partial charge on any atom is 0.243 e. The van der Waals surface area contributed by atoms with Gasteiger partial charge in [0.15, 0.2) is 0 Å². The molecule has 208 valence electrons. The summed E-state index contributed by atoms with van der Waals surface area (Å²) >= 11 is 0. The highest BCUT2D eigenvalue weighted by atomic mass is 16.2. The van der Waals surface area contributed by atoms with E-state index in [0.29, 0.717) is 38.5 Å². The zero-order valence-electron chi connectivity index (χ0n) is 22.6. The Bertz CT molecular complexity index is 709. The minimum atomic E-state index is -0.916. The third kappa shape index (κ3) is 15.4. The van der Waals surface area contributed by atoms with E-state index in [2.05, 4.69) is 42.4 Å². The molecule has 0 aromatic heterocycles. The third-order valence-electron chi connectivity index (χ3n) is 5.56. The topological polar surface area (TPSA) is 186 Å². The molecule has 0 saturated carbocycles. The summed E-state index contributed by atoms with van der Waals surface area (Å²) in [5, 5.41) is 10.4. The normalized spacial score (nSPS) is 13.9. The van der Waals surface area contributed by atoms with E-state index in [1.165, 1.54) is 0 Å². The molecular formula is C24H48N7O5+. The van der Waals surface area contributed by atoms with Gasteiger partial charge in [-0.3, -0.25) is 19.2 Å². The number of hydrogen-bond donors (Lipinski definition) is 6. The van der Waals surface area contributed by atoms with Gasteiger partial charge in [0.25, 0.3) is 0 Å². The van der Waals surface area contributed by atoms with Crippen LogP contribution in [0, 0.1) is 5.92 Å². The molecule has 12 heteroatoms. The maximum absolute atomic E-state index is 13.1. The summed E-state index contributed by atoms with van der Waals surface area (Å²) in [6.45, 7) is 4.37. The highest BCUT2D eigenvalue weighted by Crippen LogP contribution is 2.09. The van der Waals surface area contributed by atoms with E-state index in [0.717, 1.165) is 23.9 Å². The number of carbonyl (C=O) groups is 5. The molecule has 0 rings (SSSR count). The highest BCUT2D eigenvalue weighted by molar-refractivity contribution is 5.93. The first kappa shape index (κ1) is 33.4. The number of nitrogens with one attached hydrogen (secondary N) is 4. The molecule has 0 bridgehead atoms. The third-order valence-corrected chi connectivity index (χ3v) is 5.56. The van der Waals surface area contributed by atoms with Crippen molar-refractivity contribution in [3.05, 3.63) is 0 Å². The van der Waals surface area contributed by atoms with E-state index in [4.69, 9.17) is 11.5 Å². The Morgan fingerprint density at radius 2 is 1.47 bits per heavy atom. The Labute approximate surface area is 215 Å². The van der Waals surface area contributed by atoms with Gasteiger partial charge in [-0.05, 0) is 51.0 Å². The van der Waals surface area contributed by atoms with Crippen LogP contribution in [-0.2, 0) is 24.0 Å². The summed E-state index contributed by atoms with van der Waals surface area (Å²) in [5.41, 5.74) is 10.7. The number of rotatable bonds is 19.